The van der Waals surface area contributed by atoms with Gasteiger partial charge in [0.1, 0.15) is 28.9 Å². The molecule has 0 saturated heterocycles. The maximum atomic E-state index is 4.27. The number of hydrogen-bond acceptors (Lipinski definition) is 6. The van der Waals surface area contributed by atoms with Crippen molar-refractivity contribution in [3.8, 4) is 0 Å². The van der Waals surface area contributed by atoms with Crippen molar-refractivity contribution in [2.75, 3.05) is 5.32 Å². The van der Waals surface area contributed by atoms with Gasteiger partial charge in [-0.15, -0.1) is 0 Å². The third-order valence-corrected chi connectivity index (χ3v) is 3.35. The Kier molecular flexibility index (Phi) is 2.90. The molecule has 3 aromatic heterocycles. The van der Waals surface area contributed by atoms with Crippen molar-refractivity contribution in [3.63, 3.8) is 0 Å². The normalized spacial score (nSPS) is 11.1. The van der Waals surface area contributed by atoms with Gasteiger partial charge in [-0.1, -0.05) is 0 Å². The molecule has 19 heavy (non-hydrogen) atoms. The first-order chi connectivity index (χ1) is 9.16. The van der Waals surface area contributed by atoms with Crippen molar-refractivity contribution in [1.29, 1.82) is 0 Å². The Morgan fingerprint density at radius 2 is 2.00 bits per heavy atom. The van der Waals surface area contributed by atoms with Gasteiger partial charge < -0.3 is 5.32 Å². The highest BCUT2D eigenvalue weighted by molar-refractivity contribution is 9.10. The van der Waals surface area contributed by atoms with Gasteiger partial charge in [-0.05, 0) is 15.9 Å². The molecule has 3 aromatic rings. The Morgan fingerprint density at radius 1 is 1.16 bits per heavy atom. The maximum absolute atomic E-state index is 4.27. The van der Waals surface area contributed by atoms with Crippen LogP contribution in [0.1, 0.15) is 5.82 Å². The standard InChI is InChI=1S/C10H11BrN8/c1-18-6(13-5-16-18)3-12-9-7-8(11)17-19(2)10(7)15-4-14-9/h4-5H,3H2,1-2H3,(H,12,14,15). The first-order valence-electron chi connectivity index (χ1n) is 5.56. The molecule has 0 aliphatic heterocycles. The van der Waals surface area contributed by atoms with Gasteiger partial charge in [0.2, 0.25) is 0 Å². The molecule has 3 heterocycles. The topological polar surface area (TPSA) is 86.3 Å². The highest BCUT2D eigenvalue weighted by Crippen LogP contribution is 2.26. The Bertz CT molecular complexity index is 730. The molecule has 0 atom stereocenters. The number of aromatic nitrogens is 7. The van der Waals surface area contributed by atoms with Crippen molar-refractivity contribution in [2.24, 2.45) is 14.1 Å². The minimum absolute atomic E-state index is 0.532. The lowest BCUT2D eigenvalue weighted by atomic mass is 10.4. The summed E-state index contributed by atoms with van der Waals surface area (Å²) in [7, 11) is 3.69. The number of fused-ring (bicyclic) bond motifs is 1. The molecule has 0 aliphatic carbocycles. The molecule has 1 N–H and O–H groups in total. The van der Waals surface area contributed by atoms with E-state index in [2.05, 4.69) is 46.4 Å². The molecule has 0 radical (unpaired) electrons. The van der Waals surface area contributed by atoms with E-state index in [0.717, 1.165) is 16.9 Å². The summed E-state index contributed by atoms with van der Waals surface area (Å²) in [5.41, 5.74) is 0.766. The van der Waals surface area contributed by atoms with Gasteiger partial charge in [-0.25, -0.2) is 19.6 Å². The van der Waals surface area contributed by atoms with Gasteiger partial charge in [-0.3, -0.25) is 4.68 Å². The fourth-order valence-corrected chi connectivity index (χ4v) is 2.42. The monoisotopic (exact) mass is 322 g/mol. The van der Waals surface area contributed by atoms with E-state index in [1.807, 2.05) is 14.1 Å². The zero-order chi connectivity index (χ0) is 13.4. The molecule has 0 aromatic carbocycles. The molecular weight excluding hydrogens is 312 g/mol. The van der Waals surface area contributed by atoms with Crippen LogP contribution in [0.15, 0.2) is 17.3 Å². The number of nitrogens with one attached hydrogen (secondary N) is 1. The van der Waals surface area contributed by atoms with Crippen LogP contribution in [-0.4, -0.2) is 34.5 Å². The fourth-order valence-electron chi connectivity index (χ4n) is 1.82. The van der Waals surface area contributed by atoms with Crippen LogP contribution in [-0.2, 0) is 20.6 Å². The fraction of sp³-hybridized carbons (Fsp3) is 0.300. The zero-order valence-electron chi connectivity index (χ0n) is 10.4. The molecule has 0 spiro atoms. The van der Waals surface area contributed by atoms with Gasteiger partial charge >= 0.3 is 0 Å². The van der Waals surface area contributed by atoms with E-state index < -0.39 is 0 Å². The first-order valence-corrected chi connectivity index (χ1v) is 6.36. The molecule has 9 heteroatoms. The largest absolute Gasteiger partial charge is 0.362 e. The van der Waals surface area contributed by atoms with Crippen LogP contribution in [0.3, 0.4) is 0 Å². The van der Waals surface area contributed by atoms with Crippen LogP contribution in [0.5, 0.6) is 0 Å². The molecule has 0 unspecified atom stereocenters. The zero-order valence-corrected chi connectivity index (χ0v) is 12.0. The average Bonchev–Trinajstić information content (AvgIpc) is 2.92. The molecule has 0 aliphatic rings. The summed E-state index contributed by atoms with van der Waals surface area (Å²) in [4.78, 5) is 12.6. The summed E-state index contributed by atoms with van der Waals surface area (Å²) in [5.74, 6) is 1.54. The van der Waals surface area contributed by atoms with Gasteiger partial charge in [-0.2, -0.15) is 10.2 Å². The van der Waals surface area contributed by atoms with Crippen molar-refractivity contribution < 1.29 is 0 Å². The smallest absolute Gasteiger partial charge is 0.164 e. The predicted octanol–water partition coefficient (Wildman–Crippen LogP) is 0.866. The highest BCUT2D eigenvalue weighted by Gasteiger charge is 2.13. The second-order valence-electron chi connectivity index (χ2n) is 3.99. The van der Waals surface area contributed by atoms with Crippen LogP contribution in [0, 0.1) is 0 Å². The molecule has 98 valence electrons. The first kappa shape index (κ1) is 12.0. The summed E-state index contributed by atoms with van der Waals surface area (Å²) >= 11 is 3.42. The van der Waals surface area contributed by atoms with Gasteiger partial charge in [0, 0.05) is 14.1 Å². The van der Waals surface area contributed by atoms with E-state index in [-0.39, 0.29) is 0 Å². The summed E-state index contributed by atoms with van der Waals surface area (Å²) in [5, 5.41) is 12.4. The number of rotatable bonds is 3. The van der Waals surface area contributed by atoms with Crippen LogP contribution < -0.4 is 5.32 Å². The van der Waals surface area contributed by atoms with Crippen molar-refractivity contribution in [1.82, 2.24) is 34.5 Å². The molecule has 0 amide bonds. The molecule has 8 nitrogen and oxygen atoms in total. The summed E-state index contributed by atoms with van der Waals surface area (Å²) < 4.78 is 4.13. The van der Waals surface area contributed by atoms with E-state index in [4.69, 9.17) is 0 Å². The van der Waals surface area contributed by atoms with Crippen molar-refractivity contribution >= 4 is 32.8 Å². The molecule has 3 rings (SSSR count). The summed E-state index contributed by atoms with van der Waals surface area (Å²) in [6.45, 7) is 0.532. The SMILES string of the molecule is Cn1ncnc1CNc1ncnc2c1c(Br)nn2C. The highest BCUT2D eigenvalue weighted by atomic mass is 79.9. The number of nitrogens with zero attached hydrogens (tertiary/aromatic N) is 7. The number of halogens is 1. The second-order valence-corrected chi connectivity index (χ2v) is 4.74. The lowest BCUT2D eigenvalue weighted by molar-refractivity contribution is 0.711. The van der Waals surface area contributed by atoms with Crippen molar-refractivity contribution in [3.05, 3.63) is 23.1 Å². The van der Waals surface area contributed by atoms with Crippen LogP contribution in [0.4, 0.5) is 5.82 Å². The Hall–Kier alpha value is -2.03. The molecule has 0 bridgehead atoms. The van der Waals surface area contributed by atoms with E-state index in [1.54, 1.807) is 9.36 Å². The number of anilines is 1. The Balaban J connectivity index is 1.95. The minimum atomic E-state index is 0.532. The Morgan fingerprint density at radius 3 is 2.74 bits per heavy atom. The maximum Gasteiger partial charge on any atom is 0.164 e. The predicted molar refractivity (Wildman–Crippen MR) is 72.3 cm³/mol. The van der Waals surface area contributed by atoms with E-state index in [0.29, 0.717) is 17.0 Å². The molecule has 0 fully saturated rings. The summed E-state index contributed by atoms with van der Waals surface area (Å²) in [6, 6.07) is 0. The lowest BCUT2D eigenvalue weighted by Gasteiger charge is -2.05. The minimum Gasteiger partial charge on any atom is -0.362 e. The van der Waals surface area contributed by atoms with Crippen LogP contribution in [0.25, 0.3) is 11.0 Å². The summed E-state index contributed by atoms with van der Waals surface area (Å²) in [6.07, 6.45) is 3.03. The van der Waals surface area contributed by atoms with Crippen molar-refractivity contribution in [2.45, 2.75) is 6.54 Å². The third kappa shape index (κ3) is 2.05. The van der Waals surface area contributed by atoms with Gasteiger partial charge in [0.05, 0.1) is 11.9 Å². The van der Waals surface area contributed by atoms with Gasteiger partial charge in [0.25, 0.3) is 0 Å². The van der Waals surface area contributed by atoms with E-state index in [1.165, 1.54) is 12.7 Å². The van der Waals surface area contributed by atoms with E-state index >= 15 is 0 Å². The molecule has 0 saturated carbocycles. The third-order valence-electron chi connectivity index (χ3n) is 2.80. The average molecular weight is 323 g/mol. The molecular formula is C10H11BrN8. The van der Waals surface area contributed by atoms with Crippen LogP contribution in [0.2, 0.25) is 0 Å². The van der Waals surface area contributed by atoms with Gasteiger partial charge in [0.15, 0.2) is 5.65 Å². The quantitative estimate of drug-likeness (QED) is 0.769. The number of aryl methyl sites for hydroxylation is 2. The Labute approximate surface area is 117 Å². The lowest BCUT2D eigenvalue weighted by Crippen LogP contribution is -2.08. The number of hydrogen-bond donors (Lipinski definition) is 1. The van der Waals surface area contributed by atoms with E-state index in [9.17, 15) is 0 Å². The van der Waals surface area contributed by atoms with Crippen LogP contribution >= 0.6 is 15.9 Å². The second kappa shape index (κ2) is 4.57.